The van der Waals surface area contributed by atoms with Crippen LogP contribution in [0.4, 0.5) is 4.79 Å². The molecule has 1 aliphatic rings. The minimum atomic E-state index is -0.357. The fourth-order valence-corrected chi connectivity index (χ4v) is 3.06. The summed E-state index contributed by atoms with van der Waals surface area (Å²) in [5, 5.41) is 0.661. The Morgan fingerprint density at radius 2 is 1.71 bits per heavy atom. The Balaban J connectivity index is 2.09. The predicted molar refractivity (Wildman–Crippen MR) is 91.7 cm³/mol. The van der Waals surface area contributed by atoms with Crippen LogP contribution in [0.2, 0.25) is 5.02 Å². The second-order valence-electron chi connectivity index (χ2n) is 5.83. The normalized spacial score (nSPS) is 14.5. The highest BCUT2D eigenvalue weighted by molar-refractivity contribution is 6.32. The zero-order valence-electron chi connectivity index (χ0n) is 14.5. The van der Waals surface area contributed by atoms with E-state index in [0.717, 1.165) is 16.7 Å². The van der Waals surface area contributed by atoms with Crippen molar-refractivity contribution in [2.45, 2.75) is 20.3 Å². The number of carbonyl (C=O) groups excluding carboxylic acids is 2. The summed E-state index contributed by atoms with van der Waals surface area (Å²) in [5.74, 6) is 0.678. The molecule has 2 rings (SSSR count). The van der Waals surface area contributed by atoms with Crippen LogP contribution >= 0.6 is 11.6 Å². The average molecular weight is 355 g/mol. The smallest absolute Gasteiger partial charge is 0.409 e. The third-order valence-electron chi connectivity index (χ3n) is 4.39. The summed E-state index contributed by atoms with van der Waals surface area (Å²) in [6, 6.07) is 1.85. The fourth-order valence-electron chi connectivity index (χ4n) is 2.89. The van der Waals surface area contributed by atoms with Crippen molar-refractivity contribution in [3.05, 3.63) is 27.8 Å². The van der Waals surface area contributed by atoms with E-state index in [9.17, 15) is 9.59 Å². The Labute approximate surface area is 147 Å². The first-order valence-electron chi connectivity index (χ1n) is 7.82. The number of aryl methyl sites for hydroxylation is 1. The number of amides is 2. The lowest BCUT2D eigenvalue weighted by atomic mass is 10.0. The Kier molecular flexibility index (Phi) is 5.94. The molecule has 1 saturated heterocycles. The van der Waals surface area contributed by atoms with E-state index < -0.39 is 0 Å². The van der Waals surface area contributed by atoms with Crippen LogP contribution in [0, 0.1) is 13.8 Å². The van der Waals surface area contributed by atoms with Crippen molar-refractivity contribution in [2.75, 3.05) is 40.4 Å². The van der Waals surface area contributed by atoms with Gasteiger partial charge in [-0.2, -0.15) is 0 Å². The largest absolute Gasteiger partial charge is 0.496 e. The van der Waals surface area contributed by atoms with Crippen molar-refractivity contribution >= 4 is 23.6 Å². The number of hydrogen-bond donors (Lipinski definition) is 0. The second-order valence-corrected chi connectivity index (χ2v) is 6.21. The van der Waals surface area contributed by atoms with Crippen LogP contribution in [0.5, 0.6) is 5.75 Å². The van der Waals surface area contributed by atoms with Crippen LogP contribution in [-0.2, 0) is 16.0 Å². The Bertz CT molecular complexity index is 640. The summed E-state index contributed by atoms with van der Waals surface area (Å²) < 4.78 is 10.1. The molecule has 0 N–H and O–H groups in total. The minimum absolute atomic E-state index is 0.000774. The van der Waals surface area contributed by atoms with E-state index in [-0.39, 0.29) is 18.4 Å². The topological polar surface area (TPSA) is 59.1 Å². The van der Waals surface area contributed by atoms with E-state index in [4.69, 9.17) is 21.1 Å². The number of nitrogens with zero attached hydrogens (tertiary/aromatic N) is 2. The number of hydrogen-bond acceptors (Lipinski definition) is 4. The molecular formula is C17H23ClN2O4. The zero-order chi connectivity index (χ0) is 17.9. The van der Waals surface area contributed by atoms with Crippen molar-refractivity contribution in [3.63, 3.8) is 0 Å². The van der Waals surface area contributed by atoms with E-state index in [1.807, 2.05) is 19.9 Å². The average Bonchev–Trinajstić information content (AvgIpc) is 2.61. The number of halogens is 1. The molecular weight excluding hydrogens is 332 g/mol. The van der Waals surface area contributed by atoms with Gasteiger partial charge >= 0.3 is 6.09 Å². The van der Waals surface area contributed by atoms with Gasteiger partial charge in [0.1, 0.15) is 5.75 Å². The molecule has 0 unspecified atom stereocenters. The predicted octanol–water partition coefficient (Wildman–Crippen LogP) is 2.42. The standard InChI is InChI=1S/C17H23ClN2O4/c1-11-9-14(23-3)13(12(2)16(11)18)10-15(21)19-5-7-20(8-6-19)17(22)24-4/h9H,5-8,10H2,1-4H3. The molecule has 6 nitrogen and oxygen atoms in total. The van der Waals surface area contributed by atoms with Crippen LogP contribution in [0.3, 0.4) is 0 Å². The van der Waals surface area contributed by atoms with Crippen LogP contribution in [0.15, 0.2) is 6.07 Å². The molecule has 0 radical (unpaired) electrons. The van der Waals surface area contributed by atoms with E-state index in [1.54, 1.807) is 16.9 Å². The highest BCUT2D eigenvalue weighted by Crippen LogP contribution is 2.32. The molecule has 1 aromatic rings. The molecule has 1 heterocycles. The van der Waals surface area contributed by atoms with Gasteiger partial charge in [0.05, 0.1) is 20.6 Å². The van der Waals surface area contributed by atoms with E-state index in [1.165, 1.54) is 7.11 Å². The molecule has 0 aliphatic carbocycles. The quantitative estimate of drug-likeness (QED) is 0.836. The van der Waals surface area contributed by atoms with Gasteiger partial charge in [-0.25, -0.2) is 4.79 Å². The maximum absolute atomic E-state index is 12.6. The van der Waals surface area contributed by atoms with Crippen molar-refractivity contribution in [1.29, 1.82) is 0 Å². The van der Waals surface area contributed by atoms with Gasteiger partial charge in [0.25, 0.3) is 0 Å². The first-order chi connectivity index (χ1) is 11.4. The number of carbonyl (C=O) groups is 2. The monoisotopic (exact) mass is 354 g/mol. The van der Waals surface area contributed by atoms with Gasteiger partial charge in [-0.15, -0.1) is 0 Å². The van der Waals surface area contributed by atoms with E-state index in [2.05, 4.69) is 0 Å². The molecule has 1 aliphatic heterocycles. The first kappa shape index (κ1) is 18.4. The third-order valence-corrected chi connectivity index (χ3v) is 4.97. The van der Waals surface area contributed by atoms with E-state index in [0.29, 0.717) is 37.0 Å². The fraction of sp³-hybridized carbons (Fsp3) is 0.529. The van der Waals surface area contributed by atoms with Gasteiger partial charge in [0.2, 0.25) is 5.91 Å². The van der Waals surface area contributed by atoms with Gasteiger partial charge in [-0.05, 0) is 31.0 Å². The summed E-state index contributed by atoms with van der Waals surface area (Å²) in [6.45, 7) is 5.75. The van der Waals surface area contributed by atoms with Crippen LogP contribution in [0.25, 0.3) is 0 Å². The Hall–Kier alpha value is -1.95. The summed E-state index contributed by atoms with van der Waals surface area (Å²) in [7, 11) is 2.95. The van der Waals surface area contributed by atoms with Crippen molar-refractivity contribution in [3.8, 4) is 5.75 Å². The maximum Gasteiger partial charge on any atom is 0.409 e. The van der Waals surface area contributed by atoms with E-state index >= 15 is 0 Å². The molecule has 7 heteroatoms. The van der Waals surface area contributed by atoms with Crippen LogP contribution in [0.1, 0.15) is 16.7 Å². The van der Waals surface area contributed by atoms with Crippen molar-refractivity contribution in [1.82, 2.24) is 9.80 Å². The first-order valence-corrected chi connectivity index (χ1v) is 8.20. The molecule has 0 bridgehead atoms. The summed E-state index contributed by atoms with van der Waals surface area (Å²) in [4.78, 5) is 27.5. The highest BCUT2D eigenvalue weighted by atomic mass is 35.5. The summed E-state index contributed by atoms with van der Waals surface area (Å²) >= 11 is 6.31. The molecule has 0 atom stereocenters. The van der Waals surface area contributed by atoms with Crippen LogP contribution < -0.4 is 4.74 Å². The lowest BCUT2D eigenvalue weighted by Crippen LogP contribution is -2.51. The molecule has 24 heavy (non-hydrogen) atoms. The molecule has 0 aromatic heterocycles. The number of ether oxygens (including phenoxy) is 2. The Morgan fingerprint density at radius 1 is 1.12 bits per heavy atom. The number of methoxy groups -OCH3 is 2. The van der Waals surface area contributed by atoms with Gasteiger partial charge in [-0.3, -0.25) is 4.79 Å². The molecule has 0 spiro atoms. The molecule has 132 valence electrons. The zero-order valence-corrected chi connectivity index (χ0v) is 15.3. The summed E-state index contributed by atoms with van der Waals surface area (Å²) in [6.07, 6.45) is -0.127. The second kappa shape index (κ2) is 7.75. The molecule has 1 fully saturated rings. The van der Waals surface area contributed by atoms with Gasteiger partial charge < -0.3 is 19.3 Å². The molecule has 0 saturated carbocycles. The van der Waals surface area contributed by atoms with Gasteiger partial charge in [-0.1, -0.05) is 11.6 Å². The van der Waals surface area contributed by atoms with Gasteiger partial charge in [0, 0.05) is 36.8 Å². The number of benzene rings is 1. The maximum atomic E-state index is 12.6. The molecule has 2 amide bonds. The molecule has 1 aromatic carbocycles. The summed E-state index contributed by atoms with van der Waals surface area (Å²) in [5.41, 5.74) is 2.61. The van der Waals surface area contributed by atoms with Gasteiger partial charge in [0.15, 0.2) is 0 Å². The number of piperazine rings is 1. The van der Waals surface area contributed by atoms with Crippen LogP contribution in [-0.4, -0.2) is 62.2 Å². The lowest BCUT2D eigenvalue weighted by Gasteiger charge is -2.34. The highest BCUT2D eigenvalue weighted by Gasteiger charge is 2.26. The third kappa shape index (κ3) is 3.75. The lowest BCUT2D eigenvalue weighted by molar-refractivity contribution is -0.132. The van der Waals surface area contributed by atoms with Crippen molar-refractivity contribution in [2.24, 2.45) is 0 Å². The SMILES string of the molecule is COC(=O)N1CCN(C(=O)Cc2c(OC)cc(C)c(Cl)c2C)CC1. The minimum Gasteiger partial charge on any atom is -0.496 e. The van der Waals surface area contributed by atoms with Crippen molar-refractivity contribution < 1.29 is 19.1 Å². The Morgan fingerprint density at radius 3 is 2.25 bits per heavy atom. The number of rotatable bonds is 3.